The third-order valence-corrected chi connectivity index (χ3v) is 3.78. The lowest BCUT2D eigenvalue weighted by Gasteiger charge is -2.20. The Morgan fingerprint density at radius 2 is 1.76 bits per heavy atom. The van der Waals surface area contributed by atoms with Crippen LogP contribution in [0.2, 0.25) is 0 Å². The van der Waals surface area contributed by atoms with E-state index in [1.807, 2.05) is 0 Å². The Hall–Kier alpha value is -3.62. The fraction of sp³-hybridized carbons (Fsp3) is 0.150. The van der Waals surface area contributed by atoms with Gasteiger partial charge in [-0.1, -0.05) is 24.3 Å². The highest BCUT2D eigenvalue weighted by Crippen LogP contribution is 2.27. The van der Waals surface area contributed by atoms with E-state index in [2.05, 4.69) is 14.7 Å². The summed E-state index contributed by atoms with van der Waals surface area (Å²) in [6.45, 7) is -0.0715. The maximum absolute atomic E-state index is 12.7. The molecule has 1 heterocycles. The van der Waals surface area contributed by atoms with Gasteiger partial charge in [-0.15, -0.1) is 13.2 Å². The second-order valence-electron chi connectivity index (χ2n) is 5.98. The average molecular weight is 403 g/mol. The van der Waals surface area contributed by atoms with Crippen LogP contribution in [-0.4, -0.2) is 34.2 Å². The molecule has 1 amide bonds. The van der Waals surface area contributed by atoms with E-state index < -0.39 is 12.3 Å². The van der Waals surface area contributed by atoms with Gasteiger partial charge in [0.05, 0.1) is 0 Å². The lowest BCUT2D eigenvalue weighted by Crippen LogP contribution is -2.27. The van der Waals surface area contributed by atoms with Crippen LogP contribution >= 0.6 is 0 Å². The Balaban J connectivity index is 1.73. The van der Waals surface area contributed by atoms with E-state index in [0.29, 0.717) is 11.3 Å². The molecule has 29 heavy (non-hydrogen) atoms. The van der Waals surface area contributed by atoms with Gasteiger partial charge in [-0.3, -0.25) is 4.79 Å². The summed E-state index contributed by atoms with van der Waals surface area (Å²) in [5.41, 5.74) is 0.529. The Kier molecular flexibility index (Phi) is 5.96. The molecule has 3 rings (SSSR count). The van der Waals surface area contributed by atoms with Gasteiger partial charge in [-0.25, -0.2) is 9.97 Å². The van der Waals surface area contributed by atoms with Crippen molar-refractivity contribution >= 4 is 5.91 Å². The number of carbonyl (C=O) groups is 1. The molecule has 1 aromatic heterocycles. The first-order chi connectivity index (χ1) is 13.8. The van der Waals surface area contributed by atoms with Gasteiger partial charge in [0.1, 0.15) is 11.5 Å². The van der Waals surface area contributed by atoms with Crippen molar-refractivity contribution in [3.05, 3.63) is 78.1 Å². The molecular weight excluding hydrogens is 387 g/mol. The number of aromatic nitrogens is 2. The minimum Gasteiger partial charge on any atom is -0.424 e. The van der Waals surface area contributed by atoms with Crippen LogP contribution in [0.3, 0.4) is 0 Å². The molecule has 2 aromatic carbocycles. The quantitative estimate of drug-likeness (QED) is 0.609. The molecule has 0 saturated heterocycles. The van der Waals surface area contributed by atoms with Gasteiger partial charge >= 0.3 is 12.4 Å². The summed E-state index contributed by atoms with van der Waals surface area (Å²) in [7, 11) is 1.49. The van der Waals surface area contributed by atoms with Crippen LogP contribution in [0.5, 0.6) is 17.5 Å². The molecular formula is C20H16F3N3O3. The molecule has 9 heteroatoms. The normalized spacial score (nSPS) is 11.0. The van der Waals surface area contributed by atoms with E-state index in [-0.39, 0.29) is 23.9 Å². The zero-order chi connectivity index (χ0) is 20.9. The Bertz CT molecular complexity index is 981. The summed E-state index contributed by atoms with van der Waals surface area (Å²) in [5.74, 6) is -0.388. The van der Waals surface area contributed by atoms with Gasteiger partial charge in [0.2, 0.25) is 0 Å². The largest absolute Gasteiger partial charge is 0.573 e. The van der Waals surface area contributed by atoms with Crippen LogP contribution in [0, 0.1) is 0 Å². The van der Waals surface area contributed by atoms with Gasteiger partial charge in [0.15, 0.2) is 0 Å². The van der Waals surface area contributed by atoms with Crippen molar-refractivity contribution in [2.24, 2.45) is 0 Å². The molecule has 0 aliphatic carbocycles. The number of alkyl halides is 3. The molecule has 0 radical (unpaired) electrons. The van der Waals surface area contributed by atoms with E-state index >= 15 is 0 Å². The Morgan fingerprint density at radius 1 is 1.03 bits per heavy atom. The number of nitrogens with zero attached hydrogens (tertiary/aromatic N) is 3. The number of carbonyl (C=O) groups excluding carboxylic acids is 1. The molecule has 0 spiro atoms. The highest BCUT2D eigenvalue weighted by Gasteiger charge is 2.32. The molecule has 0 aliphatic rings. The van der Waals surface area contributed by atoms with E-state index in [1.165, 1.54) is 48.6 Å². The molecule has 0 bridgehead atoms. The van der Waals surface area contributed by atoms with Crippen molar-refractivity contribution in [3.63, 3.8) is 0 Å². The van der Waals surface area contributed by atoms with Gasteiger partial charge in [-0.2, -0.15) is 0 Å². The topological polar surface area (TPSA) is 64.5 Å². The van der Waals surface area contributed by atoms with Crippen molar-refractivity contribution in [1.29, 1.82) is 0 Å². The summed E-state index contributed by atoms with van der Waals surface area (Å²) in [6.07, 6.45) is -1.78. The van der Waals surface area contributed by atoms with Crippen LogP contribution in [-0.2, 0) is 6.54 Å². The average Bonchev–Trinajstić information content (AvgIpc) is 2.69. The lowest BCUT2D eigenvalue weighted by molar-refractivity contribution is -0.275. The highest BCUT2D eigenvalue weighted by molar-refractivity contribution is 5.94. The Morgan fingerprint density at radius 3 is 2.48 bits per heavy atom. The summed E-state index contributed by atoms with van der Waals surface area (Å²) in [5, 5.41) is 0. The van der Waals surface area contributed by atoms with Crippen LogP contribution in [0.1, 0.15) is 15.9 Å². The van der Waals surface area contributed by atoms with Crippen molar-refractivity contribution < 1.29 is 27.4 Å². The second kappa shape index (κ2) is 8.59. The van der Waals surface area contributed by atoms with Gasteiger partial charge in [0, 0.05) is 37.1 Å². The van der Waals surface area contributed by atoms with Crippen molar-refractivity contribution in [1.82, 2.24) is 14.9 Å². The van der Waals surface area contributed by atoms with Crippen LogP contribution in [0.15, 0.2) is 67.0 Å². The molecule has 3 aromatic rings. The van der Waals surface area contributed by atoms with E-state index in [9.17, 15) is 18.0 Å². The number of ether oxygens (including phenoxy) is 2. The van der Waals surface area contributed by atoms with Crippen molar-refractivity contribution in [2.45, 2.75) is 12.9 Å². The van der Waals surface area contributed by atoms with Crippen LogP contribution in [0.4, 0.5) is 13.2 Å². The fourth-order valence-corrected chi connectivity index (χ4v) is 2.54. The molecule has 150 valence electrons. The molecule has 0 N–H and O–H groups in total. The highest BCUT2D eigenvalue weighted by atomic mass is 19.4. The zero-order valence-electron chi connectivity index (χ0n) is 15.3. The van der Waals surface area contributed by atoms with Crippen LogP contribution < -0.4 is 9.47 Å². The number of benzene rings is 2. The van der Waals surface area contributed by atoms with Gasteiger partial charge in [-0.05, 0) is 30.3 Å². The third-order valence-electron chi connectivity index (χ3n) is 3.78. The fourth-order valence-electron chi connectivity index (χ4n) is 2.54. The van der Waals surface area contributed by atoms with E-state index in [0.717, 1.165) is 0 Å². The van der Waals surface area contributed by atoms with Crippen molar-refractivity contribution in [2.75, 3.05) is 7.05 Å². The smallest absolute Gasteiger partial charge is 0.424 e. The summed E-state index contributed by atoms with van der Waals surface area (Å²) in [4.78, 5) is 21.9. The number of amides is 1. The third kappa shape index (κ3) is 5.68. The maximum Gasteiger partial charge on any atom is 0.573 e. The van der Waals surface area contributed by atoms with Gasteiger partial charge in [0.25, 0.3) is 5.91 Å². The molecule has 0 saturated carbocycles. The predicted molar refractivity (Wildman–Crippen MR) is 97.5 cm³/mol. The minimum absolute atomic E-state index is 0.0715. The number of para-hydroxylation sites is 1. The molecule has 0 fully saturated rings. The molecule has 0 atom stereocenters. The lowest BCUT2D eigenvalue weighted by atomic mass is 10.1. The second-order valence-corrected chi connectivity index (χ2v) is 5.98. The molecule has 0 unspecified atom stereocenters. The Labute approximate surface area is 164 Å². The minimum atomic E-state index is -4.82. The van der Waals surface area contributed by atoms with Gasteiger partial charge < -0.3 is 14.4 Å². The monoisotopic (exact) mass is 403 g/mol. The number of rotatable bonds is 6. The van der Waals surface area contributed by atoms with E-state index in [1.54, 1.807) is 30.3 Å². The summed E-state index contributed by atoms with van der Waals surface area (Å²) >= 11 is 0. The zero-order valence-corrected chi connectivity index (χ0v) is 15.3. The first kappa shape index (κ1) is 20.1. The number of halogens is 3. The predicted octanol–water partition coefficient (Wildman–Crippen LogP) is 4.44. The van der Waals surface area contributed by atoms with Crippen molar-refractivity contribution in [3.8, 4) is 17.5 Å². The summed E-state index contributed by atoms with van der Waals surface area (Å²) in [6, 6.07) is 13.8. The maximum atomic E-state index is 12.7. The summed E-state index contributed by atoms with van der Waals surface area (Å²) < 4.78 is 47.3. The van der Waals surface area contributed by atoms with E-state index in [4.69, 9.17) is 4.74 Å². The standard InChI is InChI=1S/C20H16F3N3O3/c1-26(13-15-6-2-3-9-17(15)29-20(21,22)23)18(27)14-7-4-8-16(12-14)28-19-24-10-5-11-25-19/h2-12H,13H2,1H3. The van der Waals surface area contributed by atoms with Crippen LogP contribution in [0.25, 0.3) is 0 Å². The molecule has 0 aliphatic heterocycles. The number of hydrogen-bond donors (Lipinski definition) is 0. The number of hydrogen-bond acceptors (Lipinski definition) is 5. The molecule has 6 nitrogen and oxygen atoms in total. The SMILES string of the molecule is CN(Cc1ccccc1OC(F)(F)F)C(=O)c1cccc(Oc2ncccn2)c1. The first-order valence-electron chi connectivity index (χ1n) is 8.46. The first-order valence-corrected chi connectivity index (χ1v) is 8.46.